The number of Topliss-reactive ketones (excluding diaryl/α,β-unsaturated/α-hetero) is 1. The van der Waals surface area contributed by atoms with E-state index in [4.69, 9.17) is 10.5 Å². The highest BCUT2D eigenvalue weighted by Gasteiger charge is 2.46. The van der Waals surface area contributed by atoms with Crippen LogP contribution >= 0.6 is 11.3 Å². The average Bonchev–Trinajstić information content (AvgIpc) is 3.21. The molecule has 0 saturated heterocycles. The van der Waals surface area contributed by atoms with Crippen molar-refractivity contribution in [1.29, 1.82) is 0 Å². The Hall–Kier alpha value is -2.86. The first kappa shape index (κ1) is 20.4. The van der Waals surface area contributed by atoms with Crippen LogP contribution in [-0.2, 0) is 14.3 Å². The number of rotatable bonds is 4. The van der Waals surface area contributed by atoms with Crippen LogP contribution in [0, 0.1) is 5.41 Å². The monoisotopic (exact) mass is 422 g/mol. The summed E-state index contributed by atoms with van der Waals surface area (Å²) in [5.74, 6) is -0.571. The van der Waals surface area contributed by atoms with E-state index in [-0.39, 0.29) is 17.8 Å². The van der Waals surface area contributed by atoms with Crippen molar-refractivity contribution in [1.82, 2.24) is 0 Å². The minimum absolute atomic E-state index is 0.0647. The second kappa shape index (κ2) is 7.76. The van der Waals surface area contributed by atoms with Crippen LogP contribution in [0.1, 0.15) is 44.4 Å². The van der Waals surface area contributed by atoms with Gasteiger partial charge in [-0.15, -0.1) is 11.3 Å². The summed E-state index contributed by atoms with van der Waals surface area (Å²) in [5.41, 5.74) is 9.22. The van der Waals surface area contributed by atoms with Gasteiger partial charge in [-0.25, -0.2) is 4.79 Å². The summed E-state index contributed by atoms with van der Waals surface area (Å²) in [7, 11) is 0. The van der Waals surface area contributed by atoms with Gasteiger partial charge in [-0.05, 0) is 42.3 Å². The molecule has 2 heterocycles. The number of carbonyl (C=O) groups excluding carboxylic acids is 2. The molecule has 0 amide bonds. The number of thiophene rings is 1. The second-order valence-electron chi connectivity index (χ2n) is 8.44. The van der Waals surface area contributed by atoms with Crippen LogP contribution in [-0.4, -0.2) is 18.4 Å². The summed E-state index contributed by atoms with van der Waals surface area (Å²) in [6, 6.07) is 13.6. The number of ketones is 1. The molecule has 2 aromatic rings. The van der Waals surface area contributed by atoms with Crippen LogP contribution in [0.3, 0.4) is 0 Å². The lowest BCUT2D eigenvalue weighted by atomic mass is 9.69. The molecule has 2 N–H and O–H groups in total. The van der Waals surface area contributed by atoms with E-state index < -0.39 is 11.9 Å². The molecule has 156 valence electrons. The molecule has 1 aliphatic carbocycles. The Bertz CT molecular complexity index is 1040. The van der Waals surface area contributed by atoms with Crippen LogP contribution in [0.5, 0.6) is 0 Å². The van der Waals surface area contributed by atoms with Crippen LogP contribution in [0.4, 0.5) is 5.69 Å². The van der Waals surface area contributed by atoms with Gasteiger partial charge in [0, 0.05) is 28.3 Å². The minimum atomic E-state index is -0.498. The van der Waals surface area contributed by atoms with Crippen molar-refractivity contribution in [2.45, 2.75) is 39.5 Å². The average molecular weight is 423 g/mol. The second-order valence-corrected chi connectivity index (χ2v) is 9.42. The van der Waals surface area contributed by atoms with Crippen LogP contribution < -0.4 is 10.6 Å². The molecule has 1 atom stereocenters. The number of hydrogen-bond acceptors (Lipinski definition) is 6. The van der Waals surface area contributed by atoms with Crippen molar-refractivity contribution in [3.8, 4) is 0 Å². The zero-order valence-electron chi connectivity index (χ0n) is 17.5. The summed E-state index contributed by atoms with van der Waals surface area (Å²) < 4.78 is 5.39. The molecule has 0 bridgehead atoms. The molecule has 6 heteroatoms. The number of ether oxygens (including phenoxy) is 1. The maximum atomic E-state index is 13.5. The highest BCUT2D eigenvalue weighted by molar-refractivity contribution is 7.10. The summed E-state index contributed by atoms with van der Waals surface area (Å²) in [4.78, 5) is 29.4. The number of allylic oxidation sites excluding steroid dienone is 2. The third-order valence-corrected chi connectivity index (χ3v) is 6.54. The SMILES string of the molecule is CCOC(=O)C1=C(N)N(c2ccccc2)C2=C(C(=O)CC(C)(C)C2)[C@H]1c1cccs1. The van der Waals surface area contributed by atoms with Gasteiger partial charge in [-0.1, -0.05) is 38.1 Å². The Balaban J connectivity index is 2.00. The Morgan fingerprint density at radius 2 is 1.93 bits per heavy atom. The quantitative estimate of drug-likeness (QED) is 0.721. The fourth-order valence-corrected chi connectivity index (χ4v) is 5.27. The van der Waals surface area contributed by atoms with Crippen molar-refractivity contribution in [3.63, 3.8) is 0 Å². The molecule has 5 nitrogen and oxygen atoms in total. The van der Waals surface area contributed by atoms with E-state index >= 15 is 0 Å². The third kappa shape index (κ3) is 3.45. The fraction of sp³-hybridized carbons (Fsp3) is 0.333. The van der Waals surface area contributed by atoms with Gasteiger partial charge in [-0.3, -0.25) is 9.69 Å². The molecule has 1 aromatic heterocycles. The van der Waals surface area contributed by atoms with Crippen molar-refractivity contribution in [3.05, 3.63) is 75.4 Å². The van der Waals surface area contributed by atoms with Gasteiger partial charge in [0.05, 0.1) is 18.1 Å². The van der Waals surface area contributed by atoms with Gasteiger partial charge in [-0.2, -0.15) is 0 Å². The van der Waals surface area contributed by atoms with Crippen molar-refractivity contribution in [2.75, 3.05) is 11.5 Å². The molecule has 30 heavy (non-hydrogen) atoms. The van der Waals surface area contributed by atoms with Crippen LogP contribution in [0.25, 0.3) is 0 Å². The number of hydrogen-bond donors (Lipinski definition) is 1. The van der Waals surface area contributed by atoms with Gasteiger partial charge < -0.3 is 10.5 Å². The van der Waals surface area contributed by atoms with Crippen LogP contribution in [0.15, 0.2) is 70.5 Å². The van der Waals surface area contributed by atoms with Gasteiger partial charge in [0.2, 0.25) is 0 Å². The number of nitrogens with two attached hydrogens (primary N) is 1. The highest BCUT2D eigenvalue weighted by Crippen LogP contribution is 2.51. The van der Waals surface area contributed by atoms with E-state index in [1.54, 1.807) is 6.92 Å². The molecule has 2 aliphatic rings. The zero-order chi connectivity index (χ0) is 21.5. The van der Waals surface area contributed by atoms with Crippen molar-refractivity contribution >= 4 is 28.8 Å². The maximum absolute atomic E-state index is 13.5. The van der Waals surface area contributed by atoms with E-state index in [2.05, 4.69) is 13.8 Å². The Kier molecular flexibility index (Phi) is 5.28. The lowest BCUT2D eigenvalue weighted by Gasteiger charge is -2.44. The lowest BCUT2D eigenvalue weighted by molar-refractivity contribution is -0.138. The largest absolute Gasteiger partial charge is 0.463 e. The molecular weight excluding hydrogens is 396 g/mol. The summed E-state index contributed by atoms with van der Waals surface area (Å²) in [5, 5.41) is 1.95. The summed E-state index contributed by atoms with van der Waals surface area (Å²) >= 11 is 1.52. The molecule has 0 radical (unpaired) electrons. The normalized spacial score (nSPS) is 21.0. The molecule has 0 spiro atoms. The third-order valence-electron chi connectivity index (χ3n) is 5.60. The highest BCUT2D eigenvalue weighted by atomic mass is 32.1. The molecule has 0 unspecified atom stereocenters. The molecule has 0 fully saturated rings. The molecule has 4 rings (SSSR count). The van der Waals surface area contributed by atoms with Gasteiger partial charge >= 0.3 is 5.97 Å². The van der Waals surface area contributed by atoms with Gasteiger partial charge in [0.15, 0.2) is 5.78 Å². The Morgan fingerprint density at radius 3 is 2.57 bits per heavy atom. The Labute approximate surface area is 180 Å². The number of para-hydroxylation sites is 1. The number of esters is 1. The number of carbonyl (C=O) groups is 2. The molecule has 0 saturated carbocycles. The van der Waals surface area contributed by atoms with E-state index in [1.807, 2.05) is 52.7 Å². The molecule has 1 aliphatic heterocycles. The van der Waals surface area contributed by atoms with Crippen molar-refractivity contribution in [2.24, 2.45) is 11.1 Å². The molecular formula is C24H26N2O3S. The van der Waals surface area contributed by atoms with E-state index in [0.29, 0.717) is 29.8 Å². The standard InChI is InChI=1S/C24H26N2O3S/c1-4-29-23(28)21-20(18-11-8-12-30-18)19-16(13-24(2,3)14-17(19)27)26(22(21)25)15-9-6-5-7-10-15/h5-12,20H,4,13-14,25H2,1-3H3/t20-/m1/s1. The predicted molar refractivity (Wildman–Crippen MR) is 119 cm³/mol. The number of anilines is 1. The first-order chi connectivity index (χ1) is 14.3. The minimum Gasteiger partial charge on any atom is -0.463 e. The zero-order valence-corrected chi connectivity index (χ0v) is 18.3. The van der Waals surface area contributed by atoms with Crippen molar-refractivity contribution < 1.29 is 14.3 Å². The number of benzene rings is 1. The number of nitrogens with zero attached hydrogens (tertiary/aromatic N) is 1. The van der Waals surface area contributed by atoms with E-state index in [9.17, 15) is 9.59 Å². The first-order valence-corrected chi connectivity index (χ1v) is 11.0. The predicted octanol–water partition coefficient (Wildman–Crippen LogP) is 4.73. The maximum Gasteiger partial charge on any atom is 0.338 e. The molecule has 1 aromatic carbocycles. The smallest absolute Gasteiger partial charge is 0.338 e. The van der Waals surface area contributed by atoms with Crippen LogP contribution in [0.2, 0.25) is 0 Å². The van der Waals surface area contributed by atoms with E-state index in [0.717, 1.165) is 16.3 Å². The van der Waals surface area contributed by atoms with Gasteiger partial charge in [0.25, 0.3) is 0 Å². The first-order valence-electron chi connectivity index (χ1n) is 10.2. The topological polar surface area (TPSA) is 72.6 Å². The van der Waals surface area contributed by atoms with E-state index in [1.165, 1.54) is 11.3 Å². The lowest BCUT2D eigenvalue weighted by Crippen LogP contribution is -2.43. The summed E-state index contributed by atoms with van der Waals surface area (Å²) in [6.07, 6.45) is 1.13. The van der Waals surface area contributed by atoms with Gasteiger partial charge in [0.1, 0.15) is 5.82 Å². The Morgan fingerprint density at radius 1 is 1.20 bits per heavy atom. The fourth-order valence-electron chi connectivity index (χ4n) is 4.43. The summed E-state index contributed by atoms with van der Waals surface area (Å²) in [6.45, 7) is 6.20.